The van der Waals surface area contributed by atoms with E-state index in [4.69, 9.17) is 0 Å². The molecule has 0 saturated carbocycles. The molecule has 0 N–H and O–H groups in total. The van der Waals surface area contributed by atoms with Crippen molar-refractivity contribution in [2.24, 2.45) is 0 Å². The minimum Gasteiger partial charge on any atom is -0.0708 e. The maximum atomic E-state index is 2.43. The summed E-state index contributed by atoms with van der Waals surface area (Å²) >= 11 is 0. The van der Waals surface area contributed by atoms with E-state index in [1.54, 1.807) is 10.4 Å². The monoisotopic (exact) mass is 210 g/mol. The van der Waals surface area contributed by atoms with E-state index in [-0.39, 0.29) is 28.6 Å². The van der Waals surface area contributed by atoms with Crippen molar-refractivity contribution in [3.63, 3.8) is 0 Å². The average molecular weight is 211 g/mol. The molecular formula is C9H18Si3. The van der Waals surface area contributed by atoms with Gasteiger partial charge in [-0.05, 0) is 0 Å². The van der Waals surface area contributed by atoms with Crippen LogP contribution in [0.5, 0.6) is 0 Å². The van der Waals surface area contributed by atoms with E-state index in [1.165, 1.54) is 0 Å². The van der Waals surface area contributed by atoms with Crippen molar-refractivity contribution in [2.45, 2.75) is 19.6 Å². The van der Waals surface area contributed by atoms with Crippen molar-refractivity contribution in [3.8, 4) is 0 Å². The average Bonchev–Trinajstić information content (AvgIpc) is 2.16. The Labute approximate surface area is 82.2 Å². The van der Waals surface area contributed by atoms with Gasteiger partial charge in [-0.2, -0.15) is 0 Å². The first-order chi connectivity index (χ1) is 5.83. The molecule has 0 amide bonds. The summed E-state index contributed by atoms with van der Waals surface area (Å²) in [5.41, 5.74) is 0. The van der Waals surface area contributed by atoms with E-state index in [2.05, 4.69) is 37.8 Å². The molecule has 3 heteroatoms. The SMILES string of the molecule is C[SiH2]c1cccc([SiH2]C)c1[SiH2]C. The molecule has 0 nitrogen and oxygen atoms in total. The lowest BCUT2D eigenvalue weighted by Crippen LogP contribution is -2.45. The molecule has 0 fully saturated rings. The van der Waals surface area contributed by atoms with E-state index in [0.29, 0.717) is 0 Å². The van der Waals surface area contributed by atoms with Crippen LogP contribution >= 0.6 is 0 Å². The molecule has 1 aromatic carbocycles. The first kappa shape index (κ1) is 9.95. The predicted molar refractivity (Wildman–Crippen MR) is 68.6 cm³/mol. The standard InChI is InChI=1S/C9H18Si3/c1-10-7-5-4-6-8(11-2)9(7)12-3/h4-6H,10-12H2,1-3H3. The van der Waals surface area contributed by atoms with Crippen LogP contribution in [0, 0.1) is 0 Å². The molecular weight excluding hydrogens is 192 g/mol. The molecule has 0 aliphatic heterocycles. The van der Waals surface area contributed by atoms with Gasteiger partial charge in [-0.3, -0.25) is 0 Å². The van der Waals surface area contributed by atoms with Gasteiger partial charge in [0.25, 0.3) is 0 Å². The summed E-state index contributed by atoms with van der Waals surface area (Å²) < 4.78 is 0. The minimum absolute atomic E-state index is 0.0776. The van der Waals surface area contributed by atoms with E-state index in [0.717, 1.165) is 0 Å². The Balaban J connectivity index is 3.13. The third kappa shape index (κ3) is 1.97. The highest BCUT2D eigenvalue weighted by Gasteiger charge is 2.02. The van der Waals surface area contributed by atoms with Crippen molar-refractivity contribution in [3.05, 3.63) is 18.2 Å². The Hall–Kier alpha value is -0.129. The summed E-state index contributed by atoms with van der Waals surface area (Å²) in [6.07, 6.45) is 0. The van der Waals surface area contributed by atoms with Crippen LogP contribution in [-0.2, 0) is 0 Å². The quantitative estimate of drug-likeness (QED) is 0.517. The molecule has 66 valence electrons. The molecule has 0 atom stereocenters. The Morgan fingerprint density at radius 1 is 0.833 bits per heavy atom. The van der Waals surface area contributed by atoms with Gasteiger partial charge in [0.15, 0.2) is 0 Å². The molecule has 0 bridgehead atoms. The van der Waals surface area contributed by atoms with Crippen LogP contribution in [0.25, 0.3) is 0 Å². The summed E-state index contributed by atoms with van der Waals surface area (Å²) in [6, 6.07) is 7.00. The molecule has 0 spiro atoms. The van der Waals surface area contributed by atoms with Crippen LogP contribution in [0.4, 0.5) is 0 Å². The predicted octanol–water partition coefficient (Wildman–Crippen LogP) is -1.79. The highest BCUT2D eigenvalue weighted by Crippen LogP contribution is 1.78. The van der Waals surface area contributed by atoms with Gasteiger partial charge in [0.1, 0.15) is 0 Å². The first-order valence-electron chi connectivity index (χ1n) is 4.93. The summed E-state index contributed by atoms with van der Waals surface area (Å²) in [7, 11) is 0.236. The summed E-state index contributed by atoms with van der Waals surface area (Å²) in [5.74, 6) is 0. The van der Waals surface area contributed by atoms with E-state index < -0.39 is 0 Å². The Bertz CT molecular complexity index is 236. The second kappa shape index (κ2) is 4.79. The molecule has 0 unspecified atom stereocenters. The second-order valence-corrected chi connectivity index (χ2v) is 7.47. The van der Waals surface area contributed by atoms with Gasteiger partial charge >= 0.3 is 0 Å². The van der Waals surface area contributed by atoms with Crippen LogP contribution in [-0.4, -0.2) is 28.6 Å². The summed E-state index contributed by atoms with van der Waals surface area (Å²) in [6.45, 7) is 7.24. The lowest BCUT2D eigenvalue weighted by molar-refractivity contribution is 1.85. The minimum atomic E-state index is 0.0776. The molecule has 12 heavy (non-hydrogen) atoms. The maximum Gasteiger partial charge on any atom is 0.0515 e. The Morgan fingerprint density at radius 3 is 1.67 bits per heavy atom. The molecule has 0 aliphatic carbocycles. The smallest absolute Gasteiger partial charge is 0.0515 e. The zero-order valence-corrected chi connectivity index (χ0v) is 12.6. The first-order valence-corrected chi connectivity index (χ1v) is 11.3. The van der Waals surface area contributed by atoms with Gasteiger partial charge in [-0.25, -0.2) is 0 Å². The zero-order valence-electron chi connectivity index (χ0n) is 8.35. The molecule has 0 heterocycles. The van der Waals surface area contributed by atoms with Gasteiger partial charge in [-0.1, -0.05) is 53.4 Å². The highest BCUT2D eigenvalue weighted by atomic mass is 28.2. The summed E-state index contributed by atoms with van der Waals surface area (Å²) in [5, 5.41) is 5.35. The van der Waals surface area contributed by atoms with Crippen LogP contribution < -0.4 is 15.6 Å². The van der Waals surface area contributed by atoms with Crippen molar-refractivity contribution >= 4 is 44.1 Å². The molecule has 0 radical (unpaired) electrons. The van der Waals surface area contributed by atoms with Gasteiger partial charge in [0.2, 0.25) is 0 Å². The van der Waals surface area contributed by atoms with E-state index in [1.807, 2.05) is 5.19 Å². The van der Waals surface area contributed by atoms with E-state index >= 15 is 0 Å². The largest absolute Gasteiger partial charge is 0.0708 e. The molecule has 0 aliphatic rings. The Morgan fingerprint density at radius 2 is 1.33 bits per heavy atom. The molecule has 1 rings (SSSR count). The maximum absolute atomic E-state index is 2.43. The third-order valence-corrected chi connectivity index (χ3v) is 7.95. The van der Waals surface area contributed by atoms with Crippen molar-refractivity contribution in [1.29, 1.82) is 0 Å². The van der Waals surface area contributed by atoms with Crippen molar-refractivity contribution in [1.82, 2.24) is 0 Å². The zero-order chi connectivity index (χ0) is 8.97. The normalized spacial score (nSPS) is 13.2. The fourth-order valence-corrected chi connectivity index (χ4v) is 8.25. The number of rotatable bonds is 3. The van der Waals surface area contributed by atoms with E-state index in [9.17, 15) is 0 Å². The van der Waals surface area contributed by atoms with Gasteiger partial charge < -0.3 is 0 Å². The third-order valence-electron chi connectivity index (χ3n) is 2.49. The van der Waals surface area contributed by atoms with Crippen LogP contribution in [0.3, 0.4) is 0 Å². The van der Waals surface area contributed by atoms with Gasteiger partial charge in [0, 0.05) is 0 Å². The molecule has 0 saturated heterocycles. The van der Waals surface area contributed by atoms with Crippen molar-refractivity contribution < 1.29 is 0 Å². The summed E-state index contributed by atoms with van der Waals surface area (Å²) in [4.78, 5) is 0. The second-order valence-electron chi connectivity index (χ2n) is 3.12. The topological polar surface area (TPSA) is 0 Å². The van der Waals surface area contributed by atoms with Crippen LogP contribution in [0.15, 0.2) is 18.2 Å². The van der Waals surface area contributed by atoms with Gasteiger partial charge in [-0.15, -0.1) is 0 Å². The Kier molecular flexibility index (Phi) is 3.97. The van der Waals surface area contributed by atoms with Crippen LogP contribution in [0.1, 0.15) is 0 Å². The van der Waals surface area contributed by atoms with Crippen molar-refractivity contribution in [2.75, 3.05) is 0 Å². The molecule has 0 aromatic heterocycles. The lowest BCUT2D eigenvalue weighted by Gasteiger charge is -2.09. The fourth-order valence-electron chi connectivity index (χ4n) is 1.80. The molecule has 1 aromatic rings. The van der Waals surface area contributed by atoms with Gasteiger partial charge in [0.05, 0.1) is 28.6 Å². The van der Waals surface area contributed by atoms with Crippen LogP contribution in [0.2, 0.25) is 19.6 Å². The fraction of sp³-hybridized carbons (Fsp3) is 0.333. The number of hydrogen-bond donors (Lipinski definition) is 0. The number of hydrogen-bond acceptors (Lipinski definition) is 0. The lowest BCUT2D eigenvalue weighted by atomic mass is 10.3. The highest BCUT2D eigenvalue weighted by molar-refractivity contribution is 6.72. The number of benzene rings is 1.